The van der Waals surface area contributed by atoms with Gasteiger partial charge in [-0.25, -0.2) is 4.68 Å². The Labute approximate surface area is 140 Å². The summed E-state index contributed by atoms with van der Waals surface area (Å²) in [5.74, 6) is 0.0626. The van der Waals surface area contributed by atoms with Crippen LogP contribution in [0.3, 0.4) is 0 Å². The lowest BCUT2D eigenvalue weighted by Crippen LogP contribution is -2.38. The molecule has 2 fully saturated rings. The van der Waals surface area contributed by atoms with Crippen LogP contribution in [0.1, 0.15) is 29.6 Å². The first-order chi connectivity index (χ1) is 11.2. The third kappa shape index (κ3) is 2.99. The summed E-state index contributed by atoms with van der Waals surface area (Å²) < 4.78 is 1.70. The van der Waals surface area contributed by atoms with Crippen LogP contribution in [0.4, 0.5) is 0 Å². The van der Waals surface area contributed by atoms with Crippen molar-refractivity contribution >= 4 is 17.5 Å². The first kappa shape index (κ1) is 14.7. The van der Waals surface area contributed by atoms with Crippen LogP contribution in [0, 0.1) is 0 Å². The molecule has 3 heterocycles. The molecule has 0 saturated carbocycles. The Morgan fingerprint density at radius 3 is 3.00 bits per heavy atom. The van der Waals surface area contributed by atoms with Crippen molar-refractivity contribution in [1.82, 2.24) is 20.0 Å². The zero-order chi connectivity index (χ0) is 15.8. The Morgan fingerprint density at radius 1 is 1.26 bits per heavy atom. The summed E-state index contributed by atoms with van der Waals surface area (Å²) in [7, 11) is 0. The van der Waals surface area contributed by atoms with Gasteiger partial charge in [-0.3, -0.25) is 4.79 Å². The Morgan fingerprint density at radius 2 is 2.13 bits per heavy atom. The van der Waals surface area contributed by atoms with E-state index in [4.69, 9.17) is 11.6 Å². The second kappa shape index (κ2) is 5.98. The molecule has 2 unspecified atom stereocenters. The first-order valence-electron chi connectivity index (χ1n) is 8.05. The number of hydrogen-bond acceptors (Lipinski definition) is 3. The molecule has 5 nitrogen and oxygen atoms in total. The molecule has 0 aliphatic carbocycles. The van der Waals surface area contributed by atoms with Gasteiger partial charge in [0.25, 0.3) is 5.91 Å². The summed E-state index contributed by atoms with van der Waals surface area (Å²) in [4.78, 5) is 14.7. The van der Waals surface area contributed by atoms with Crippen LogP contribution in [0.2, 0.25) is 5.02 Å². The van der Waals surface area contributed by atoms with Crippen molar-refractivity contribution in [3.05, 3.63) is 47.2 Å². The van der Waals surface area contributed by atoms with Gasteiger partial charge in [-0.2, -0.15) is 5.10 Å². The lowest BCUT2D eigenvalue weighted by atomic mass is 10.1. The van der Waals surface area contributed by atoms with E-state index in [-0.39, 0.29) is 5.91 Å². The smallest absolute Gasteiger partial charge is 0.257 e. The molecule has 6 heteroatoms. The number of likely N-dealkylation sites (tertiary alicyclic amines) is 1. The minimum absolute atomic E-state index is 0.0626. The molecule has 2 atom stereocenters. The highest BCUT2D eigenvalue weighted by Gasteiger charge is 2.31. The van der Waals surface area contributed by atoms with Crippen LogP contribution in [0.25, 0.3) is 5.69 Å². The van der Waals surface area contributed by atoms with Crippen molar-refractivity contribution < 1.29 is 4.79 Å². The fourth-order valence-corrected chi connectivity index (χ4v) is 3.69. The molecule has 1 N–H and O–H groups in total. The van der Waals surface area contributed by atoms with Crippen molar-refractivity contribution in [2.75, 3.05) is 13.1 Å². The van der Waals surface area contributed by atoms with Crippen LogP contribution < -0.4 is 5.32 Å². The Balaban J connectivity index is 1.53. The third-order valence-corrected chi connectivity index (χ3v) is 4.95. The van der Waals surface area contributed by atoms with Gasteiger partial charge in [-0.05, 0) is 37.5 Å². The SMILES string of the molecule is O=C(c1cnn(-c2cccc(Cl)c2)c1)N1CCC2CCC(C1)N2. The monoisotopic (exact) mass is 330 g/mol. The van der Waals surface area contributed by atoms with E-state index in [0.29, 0.717) is 22.7 Å². The Hall–Kier alpha value is -1.85. The lowest BCUT2D eigenvalue weighted by Gasteiger charge is -2.23. The van der Waals surface area contributed by atoms with Crippen molar-refractivity contribution in [1.29, 1.82) is 0 Å². The number of carbonyl (C=O) groups is 1. The maximum Gasteiger partial charge on any atom is 0.257 e. The number of aromatic nitrogens is 2. The van der Waals surface area contributed by atoms with Crippen molar-refractivity contribution in [2.24, 2.45) is 0 Å². The average molecular weight is 331 g/mol. The van der Waals surface area contributed by atoms with Gasteiger partial charge in [-0.1, -0.05) is 17.7 Å². The zero-order valence-corrected chi connectivity index (χ0v) is 13.5. The third-order valence-electron chi connectivity index (χ3n) is 4.71. The molecule has 0 spiro atoms. The zero-order valence-electron chi connectivity index (χ0n) is 12.8. The molecule has 2 saturated heterocycles. The van der Waals surface area contributed by atoms with Crippen LogP contribution >= 0.6 is 11.6 Å². The van der Waals surface area contributed by atoms with Gasteiger partial charge in [0, 0.05) is 36.4 Å². The van der Waals surface area contributed by atoms with Gasteiger partial charge in [0.15, 0.2) is 0 Å². The van der Waals surface area contributed by atoms with Crippen LogP contribution in [-0.2, 0) is 0 Å². The highest BCUT2D eigenvalue weighted by Crippen LogP contribution is 2.22. The van der Waals surface area contributed by atoms with E-state index < -0.39 is 0 Å². The van der Waals surface area contributed by atoms with Crippen LogP contribution in [0.5, 0.6) is 0 Å². The largest absolute Gasteiger partial charge is 0.337 e. The molecule has 120 valence electrons. The molecule has 2 bridgehead atoms. The second-order valence-electron chi connectivity index (χ2n) is 6.33. The van der Waals surface area contributed by atoms with Gasteiger partial charge >= 0.3 is 0 Å². The lowest BCUT2D eigenvalue weighted by molar-refractivity contribution is 0.0748. The number of rotatable bonds is 2. The van der Waals surface area contributed by atoms with Gasteiger partial charge < -0.3 is 10.2 Å². The highest BCUT2D eigenvalue weighted by molar-refractivity contribution is 6.30. The number of halogens is 1. The molecule has 1 amide bonds. The minimum atomic E-state index is 0.0626. The number of benzene rings is 1. The molecule has 2 aromatic rings. The second-order valence-corrected chi connectivity index (χ2v) is 6.77. The molecule has 2 aliphatic rings. The minimum Gasteiger partial charge on any atom is -0.337 e. The summed E-state index contributed by atoms with van der Waals surface area (Å²) in [6, 6.07) is 8.46. The predicted molar refractivity (Wildman–Crippen MR) is 89.0 cm³/mol. The quantitative estimate of drug-likeness (QED) is 0.920. The van der Waals surface area contributed by atoms with Crippen LogP contribution in [0.15, 0.2) is 36.7 Å². The number of fused-ring (bicyclic) bond motifs is 2. The molecule has 0 radical (unpaired) electrons. The molecule has 1 aromatic heterocycles. The first-order valence-corrected chi connectivity index (χ1v) is 8.43. The van der Waals surface area contributed by atoms with E-state index in [0.717, 1.165) is 31.6 Å². The van der Waals surface area contributed by atoms with E-state index in [1.54, 1.807) is 17.1 Å². The molecular weight excluding hydrogens is 312 g/mol. The number of nitrogens with one attached hydrogen (secondary N) is 1. The number of nitrogens with zero attached hydrogens (tertiary/aromatic N) is 3. The predicted octanol–water partition coefficient (Wildman–Crippen LogP) is 2.49. The van der Waals surface area contributed by atoms with E-state index in [9.17, 15) is 4.79 Å². The summed E-state index contributed by atoms with van der Waals surface area (Å²) >= 11 is 6.02. The van der Waals surface area contributed by atoms with Gasteiger partial charge in [-0.15, -0.1) is 0 Å². The molecule has 2 aliphatic heterocycles. The Bertz CT molecular complexity index is 729. The summed E-state index contributed by atoms with van der Waals surface area (Å²) in [6.07, 6.45) is 6.85. The van der Waals surface area contributed by atoms with E-state index in [1.807, 2.05) is 29.2 Å². The van der Waals surface area contributed by atoms with Gasteiger partial charge in [0.05, 0.1) is 17.4 Å². The standard InChI is InChI=1S/C17H19ClN4O/c18-13-2-1-3-16(8-13)22-10-12(9-19-22)17(23)21-7-6-14-4-5-15(11-21)20-14/h1-3,8-10,14-15,20H,4-7,11H2. The number of carbonyl (C=O) groups excluding carboxylic acids is 1. The maximum atomic E-state index is 12.8. The summed E-state index contributed by atoms with van der Waals surface area (Å²) in [6.45, 7) is 1.60. The number of amides is 1. The van der Waals surface area contributed by atoms with E-state index in [1.165, 1.54) is 6.42 Å². The topological polar surface area (TPSA) is 50.2 Å². The van der Waals surface area contributed by atoms with E-state index in [2.05, 4.69) is 10.4 Å². The summed E-state index contributed by atoms with van der Waals surface area (Å²) in [5, 5.41) is 8.56. The van der Waals surface area contributed by atoms with Crippen LogP contribution in [-0.4, -0.2) is 45.8 Å². The van der Waals surface area contributed by atoms with Crippen molar-refractivity contribution in [2.45, 2.75) is 31.3 Å². The number of hydrogen-bond donors (Lipinski definition) is 1. The fraction of sp³-hybridized carbons (Fsp3) is 0.412. The average Bonchev–Trinajstić information content (AvgIpc) is 3.13. The molecular formula is C17H19ClN4O. The maximum absolute atomic E-state index is 12.8. The van der Waals surface area contributed by atoms with Gasteiger partial charge in [0.2, 0.25) is 0 Å². The van der Waals surface area contributed by atoms with Crippen molar-refractivity contribution in [3.8, 4) is 5.69 Å². The Kier molecular flexibility index (Phi) is 3.83. The molecule has 1 aromatic carbocycles. The van der Waals surface area contributed by atoms with Crippen molar-refractivity contribution in [3.63, 3.8) is 0 Å². The highest BCUT2D eigenvalue weighted by atomic mass is 35.5. The normalized spacial score (nSPS) is 23.8. The molecule has 23 heavy (non-hydrogen) atoms. The summed E-state index contributed by atoms with van der Waals surface area (Å²) in [5.41, 5.74) is 1.48. The van der Waals surface area contributed by atoms with Gasteiger partial charge in [0.1, 0.15) is 0 Å². The van der Waals surface area contributed by atoms with E-state index >= 15 is 0 Å². The molecule has 4 rings (SSSR count). The fourth-order valence-electron chi connectivity index (χ4n) is 3.50.